The molecule has 0 aromatic heterocycles. The van der Waals surface area contributed by atoms with Crippen molar-refractivity contribution in [3.8, 4) is 0 Å². The molecular formula is C17H24O3. The average Bonchev–Trinajstić information content (AvgIpc) is 2.99. The number of fused-ring (bicyclic) bond motifs is 1. The van der Waals surface area contributed by atoms with E-state index >= 15 is 0 Å². The van der Waals surface area contributed by atoms with Gasteiger partial charge in [-0.15, -0.1) is 0 Å². The number of aliphatic hydroxyl groups is 1. The molecule has 1 aromatic carbocycles. The van der Waals surface area contributed by atoms with Crippen LogP contribution in [0.25, 0.3) is 0 Å². The lowest BCUT2D eigenvalue weighted by Crippen LogP contribution is -2.22. The summed E-state index contributed by atoms with van der Waals surface area (Å²) >= 11 is 0. The summed E-state index contributed by atoms with van der Waals surface area (Å²) in [4.78, 5) is 0. The highest BCUT2D eigenvalue weighted by Gasteiger charge is 2.24. The largest absolute Gasteiger partial charge is 0.393 e. The van der Waals surface area contributed by atoms with Crippen LogP contribution in [0.5, 0.6) is 0 Å². The molecule has 3 atom stereocenters. The Morgan fingerprint density at radius 3 is 2.95 bits per heavy atom. The molecule has 2 aliphatic heterocycles. The van der Waals surface area contributed by atoms with Crippen molar-refractivity contribution < 1.29 is 14.6 Å². The van der Waals surface area contributed by atoms with Gasteiger partial charge in [0.1, 0.15) is 0 Å². The van der Waals surface area contributed by atoms with Gasteiger partial charge in [0.15, 0.2) is 0 Å². The SMILES string of the molecule is OC(CCC1CCCO1)CC1OCCc2ccccc21. The fraction of sp³-hybridized carbons (Fsp3) is 0.647. The minimum absolute atomic E-state index is 0.0550. The number of hydrogen-bond donors (Lipinski definition) is 1. The number of benzene rings is 1. The predicted molar refractivity (Wildman–Crippen MR) is 77.7 cm³/mol. The molecule has 1 aromatic rings. The predicted octanol–water partition coefficient (Wildman–Crippen LogP) is 3.01. The maximum Gasteiger partial charge on any atom is 0.0852 e. The minimum atomic E-state index is -0.296. The Kier molecular flexibility index (Phi) is 4.71. The van der Waals surface area contributed by atoms with E-state index in [0.29, 0.717) is 12.5 Å². The third kappa shape index (κ3) is 3.40. The highest BCUT2D eigenvalue weighted by Crippen LogP contribution is 2.31. The molecule has 3 rings (SSSR count). The van der Waals surface area contributed by atoms with Gasteiger partial charge in [-0.2, -0.15) is 0 Å². The standard InChI is InChI=1S/C17H24O3/c18-14(7-8-15-5-3-10-19-15)12-17-16-6-2-1-4-13(16)9-11-20-17/h1-2,4,6,14-15,17-18H,3,5,7-12H2. The van der Waals surface area contributed by atoms with Crippen LogP contribution in [0, 0.1) is 0 Å². The fourth-order valence-corrected chi connectivity index (χ4v) is 3.29. The summed E-state index contributed by atoms with van der Waals surface area (Å²) < 4.78 is 11.5. The molecule has 0 spiro atoms. The second-order valence-corrected chi connectivity index (χ2v) is 5.91. The van der Waals surface area contributed by atoms with E-state index in [-0.39, 0.29) is 12.2 Å². The zero-order chi connectivity index (χ0) is 13.8. The van der Waals surface area contributed by atoms with E-state index in [2.05, 4.69) is 24.3 Å². The molecule has 1 N–H and O–H groups in total. The van der Waals surface area contributed by atoms with Crippen molar-refractivity contribution in [3.63, 3.8) is 0 Å². The molecule has 0 saturated carbocycles. The van der Waals surface area contributed by atoms with Crippen molar-refractivity contribution in [2.45, 2.75) is 56.8 Å². The number of rotatable bonds is 5. The van der Waals surface area contributed by atoms with Crippen LogP contribution in [-0.4, -0.2) is 30.5 Å². The maximum absolute atomic E-state index is 10.3. The summed E-state index contributed by atoms with van der Waals surface area (Å²) in [6.07, 6.45) is 5.90. The molecule has 0 radical (unpaired) electrons. The zero-order valence-corrected chi connectivity index (χ0v) is 12.0. The first-order chi connectivity index (χ1) is 9.83. The third-order valence-corrected chi connectivity index (χ3v) is 4.42. The fourth-order valence-electron chi connectivity index (χ4n) is 3.29. The molecular weight excluding hydrogens is 252 g/mol. The first kappa shape index (κ1) is 14.1. The molecule has 0 amide bonds. The molecule has 3 nitrogen and oxygen atoms in total. The molecule has 0 aliphatic carbocycles. The molecule has 3 unspecified atom stereocenters. The number of ether oxygens (including phenoxy) is 2. The van der Waals surface area contributed by atoms with Gasteiger partial charge in [-0.25, -0.2) is 0 Å². The van der Waals surface area contributed by atoms with Gasteiger partial charge in [0.05, 0.1) is 24.9 Å². The molecule has 0 bridgehead atoms. The van der Waals surface area contributed by atoms with E-state index in [1.165, 1.54) is 17.5 Å². The maximum atomic E-state index is 10.3. The van der Waals surface area contributed by atoms with E-state index in [1.807, 2.05) is 0 Å². The summed E-state index contributed by atoms with van der Waals surface area (Å²) in [5, 5.41) is 10.3. The first-order valence-corrected chi connectivity index (χ1v) is 7.82. The van der Waals surface area contributed by atoms with Crippen molar-refractivity contribution in [2.75, 3.05) is 13.2 Å². The Morgan fingerprint density at radius 1 is 1.20 bits per heavy atom. The first-order valence-electron chi connectivity index (χ1n) is 7.82. The van der Waals surface area contributed by atoms with Gasteiger partial charge in [0.25, 0.3) is 0 Å². The lowest BCUT2D eigenvalue weighted by atomic mass is 9.93. The van der Waals surface area contributed by atoms with Gasteiger partial charge >= 0.3 is 0 Å². The summed E-state index contributed by atoms with van der Waals surface area (Å²) in [7, 11) is 0. The minimum Gasteiger partial charge on any atom is -0.393 e. The molecule has 2 heterocycles. The van der Waals surface area contributed by atoms with Crippen molar-refractivity contribution in [2.24, 2.45) is 0 Å². The summed E-state index contributed by atoms with van der Waals surface area (Å²) in [5.41, 5.74) is 2.63. The molecule has 2 aliphatic rings. The molecule has 1 saturated heterocycles. The van der Waals surface area contributed by atoms with Crippen LogP contribution in [0.1, 0.15) is 49.3 Å². The van der Waals surface area contributed by atoms with Crippen molar-refractivity contribution in [3.05, 3.63) is 35.4 Å². The Labute approximate surface area is 120 Å². The van der Waals surface area contributed by atoms with Gasteiger partial charge in [-0.3, -0.25) is 0 Å². The van der Waals surface area contributed by atoms with Crippen molar-refractivity contribution >= 4 is 0 Å². The third-order valence-electron chi connectivity index (χ3n) is 4.42. The normalized spacial score (nSPS) is 27.2. The van der Waals surface area contributed by atoms with Crippen LogP contribution in [0.15, 0.2) is 24.3 Å². The topological polar surface area (TPSA) is 38.7 Å². The lowest BCUT2D eigenvalue weighted by Gasteiger charge is -2.28. The summed E-state index contributed by atoms with van der Waals surface area (Å²) in [6, 6.07) is 8.43. The van der Waals surface area contributed by atoms with Crippen LogP contribution in [-0.2, 0) is 15.9 Å². The molecule has 110 valence electrons. The van der Waals surface area contributed by atoms with Crippen LogP contribution in [0.3, 0.4) is 0 Å². The highest BCUT2D eigenvalue weighted by molar-refractivity contribution is 5.30. The smallest absolute Gasteiger partial charge is 0.0852 e. The quantitative estimate of drug-likeness (QED) is 0.898. The van der Waals surface area contributed by atoms with Gasteiger partial charge < -0.3 is 14.6 Å². The molecule has 1 fully saturated rings. The highest BCUT2D eigenvalue weighted by atomic mass is 16.5. The van der Waals surface area contributed by atoms with E-state index in [0.717, 1.165) is 38.9 Å². The van der Waals surface area contributed by atoms with Crippen LogP contribution < -0.4 is 0 Å². The molecule has 3 heteroatoms. The molecule has 20 heavy (non-hydrogen) atoms. The van der Waals surface area contributed by atoms with Gasteiger partial charge in [-0.05, 0) is 43.2 Å². The van der Waals surface area contributed by atoms with E-state index in [9.17, 15) is 5.11 Å². The number of hydrogen-bond acceptors (Lipinski definition) is 3. The van der Waals surface area contributed by atoms with E-state index in [4.69, 9.17) is 9.47 Å². The monoisotopic (exact) mass is 276 g/mol. The van der Waals surface area contributed by atoms with Crippen LogP contribution >= 0.6 is 0 Å². The summed E-state index contributed by atoms with van der Waals surface area (Å²) in [6.45, 7) is 1.65. The van der Waals surface area contributed by atoms with Crippen molar-refractivity contribution in [1.82, 2.24) is 0 Å². The zero-order valence-electron chi connectivity index (χ0n) is 12.0. The van der Waals surface area contributed by atoms with Gasteiger partial charge in [0.2, 0.25) is 0 Å². The van der Waals surface area contributed by atoms with Gasteiger partial charge in [0, 0.05) is 13.0 Å². The van der Waals surface area contributed by atoms with E-state index in [1.54, 1.807) is 0 Å². The summed E-state index contributed by atoms with van der Waals surface area (Å²) in [5.74, 6) is 0. The van der Waals surface area contributed by atoms with Crippen molar-refractivity contribution in [1.29, 1.82) is 0 Å². The average molecular weight is 276 g/mol. The van der Waals surface area contributed by atoms with Gasteiger partial charge in [-0.1, -0.05) is 24.3 Å². The Morgan fingerprint density at radius 2 is 2.10 bits per heavy atom. The Bertz CT molecular complexity index is 426. The van der Waals surface area contributed by atoms with Crippen LogP contribution in [0.2, 0.25) is 0 Å². The second-order valence-electron chi connectivity index (χ2n) is 5.91. The van der Waals surface area contributed by atoms with Crippen LogP contribution in [0.4, 0.5) is 0 Å². The van der Waals surface area contributed by atoms with E-state index < -0.39 is 0 Å². The lowest BCUT2D eigenvalue weighted by molar-refractivity contribution is -0.00202. The second kappa shape index (κ2) is 6.70. The Hall–Kier alpha value is -0.900. The Balaban J connectivity index is 1.52. The number of aliphatic hydroxyl groups excluding tert-OH is 1.